The summed E-state index contributed by atoms with van der Waals surface area (Å²) < 4.78 is 37.8. The van der Waals surface area contributed by atoms with Crippen molar-refractivity contribution in [3.8, 4) is 0 Å². The van der Waals surface area contributed by atoms with Gasteiger partial charge in [0.1, 0.15) is 18.3 Å². The molecule has 268 valence electrons. The molecule has 3 fully saturated rings. The molecule has 0 radical (unpaired) electrons. The number of aryl methyl sites for hydroxylation is 2. The smallest absolute Gasteiger partial charge is 0.216 e. The average Bonchev–Trinajstić information content (AvgIpc) is 2.97. The number of nitrogens with one attached hydrogen (secondary N) is 3. The molecule has 5 unspecified atom stereocenters. The van der Waals surface area contributed by atoms with Crippen molar-refractivity contribution >= 4 is 15.8 Å². The summed E-state index contributed by atoms with van der Waals surface area (Å²) in [5, 5.41) is 6.66. The third kappa shape index (κ3) is 10.0. The average molecular weight is 683 g/mol. The fourth-order valence-corrected chi connectivity index (χ4v) is 9.83. The summed E-state index contributed by atoms with van der Waals surface area (Å²) in [6, 6.07) is 12.8. The molecule has 2 saturated heterocycles. The monoisotopic (exact) mass is 682 g/mol. The van der Waals surface area contributed by atoms with Gasteiger partial charge in [-0.25, -0.2) is 13.4 Å². The molecule has 1 saturated carbocycles. The lowest BCUT2D eigenvalue weighted by Crippen LogP contribution is -2.64. The highest BCUT2D eigenvalue weighted by molar-refractivity contribution is 7.90. The summed E-state index contributed by atoms with van der Waals surface area (Å²) in [5.41, 5.74) is 4.88. The normalized spacial score (nSPS) is 28.9. The van der Waals surface area contributed by atoms with Crippen molar-refractivity contribution in [1.29, 1.82) is 0 Å². The van der Waals surface area contributed by atoms with Gasteiger partial charge in [-0.05, 0) is 85.1 Å². The van der Waals surface area contributed by atoms with E-state index in [0.717, 1.165) is 43.9 Å². The fraction of sp³-hybridized carbons (Fsp3) is 0.711. The van der Waals surface area contributed by atoms with Gasteiger partial charge in [0.15, 0.2) is 0 Å². The number of sulfonamides is 1. The van der Waals surface area contributed by atoms with Gasteiger partial charge in [0.25, 0.3) is 0 Å². The Labute approximate surface area is 291 Å². The number of anilines is 1. The van der Waals surface area contributed by atoms with Crippen LogP contribution < -0.4 is 20.3 Å². The van der Waals surface area contributed by atoms with Crippen molar-refractivity contribution in [2.75, 3.05) is 31.6 Å². The van der Waals surface area contributed by atoms with Gasteiger partial charge in [-0.15, -0.1) is 0 Å². The minimum absolute atomic E-state index is 0.0522. The van der Waals surface area contributed by atoms with Crippen molar-refractivity contribution in [3.63, 3.8) is 0 Å². The number of hydrogen-bond acceptors (Lipinski definition) is 8. The second-order valence-corrected chi connectivity index (χ2v) is 19.2. The summed E-state index contributed by atoms with van der Waals surface area (Å²) in [4.78, 5) is 9.96. The molecule has 10 heteroatoms. The Kier molecular flexibility index (Phi) is 11.6. The Morgan fingerprint density at radius 3 is 2.35 bits per heavy atom. The molecule has 48 heavy (non-hydrogen) atoms. The number of nitrogens with zero attached hydrogens (tertiary/aromatic N) is 3. The van der Waals surface area contributed by atoms with Gasteiger partial charge in [0.2, 0.25) is 10.0 Å². The lowest BCUT2D eigenvalue weighted by atomic mass is 9.85. The van der Waals surface area contributed by atoms with Crippen LogP contribution in [0.3, 0.4) is 0 Å². The minimum atomic E-state index is -3.59. The van der Waals surface area contributed by atoms with E-state index < -0.39 is 21.6 Å². The number of ether oxygens (including phenoxy) is 1. The van der Waals surface area contributed by atoms with Crippen LogP contribution in [0.1, 0.15) is 108 Å². The van der Waals surface area contributed by atoms with Crippen molar-refractivity contribution in [1.82, 2.24) is 25.2 Å². The van der Waals surface area contributed by atoms with E-state index in [1.54, 1.807) is 0 Å². The van der Waals surface area contributed by atoms with Crippen LogP contribution in [0.15, 0.2) is 36.4 Å². The van der Waals surface area contributed by atoms with E-state index in [4.69, 9.17) is 9.72 Å². The number of aromatic nitrogens is 1. The number of hydrogen-bond donors (Lipinski definition) is 3. The molecule has 0 spiro atoms. The molecular formula is C38H62N6O3S. The van der Waals surface area contributed by atoms with Crippen molar-refractivity contribution < 1.29 is 13.2 Å². The maximum Gasteiger partial charge on any atom is 0.216 e. The van der Waals surface area contributed by atoms with E-state index in [1.807, 2.05) is 0 Å². The largest absolute Gasteiger partial charge is 0.362 e. The van der Waals surface area contributed by atoms with Gasteiger partial charge in [-0.2, -0.15) is 4.72 Å². The molecule has 2 aromatic rings. The van der Waals surface area contributed by atoms with Crippen LogP contribution in [0.25, 0.3) is 0 Å². The summed E-state index contributed by atoms with van der Waals surface area (Å²) in [5.74, 6) is 1.26. The fourth-order valence-electron chi connectivity index (χ4n) is 8.17. The lowest BCUT2D eigenvalue weighted by molar-refractivity contribution is -0.0517. The van der Waals surface area contributed by atoms with E-state index in [1.165, 1.54) is 16.7 Å². The van der Waals surface area contributed by atoms with Gasteiger partial charge >= 0.3 is 0 Å². The predicted molar refractivity (Wildman–Crippen MR) is 196 cm³/mol. The van der Waals surface area contributed by atoms with E-state index >= 15 is 0 Å². The Morgan fingerprint density at radius 2 is 1.67 bits per heavy atom. The number of pyridine rings is 1. The van der Waals surface area contributed by atoms with Crippen molar-refractivity contribution in [2.45, 2.75) is 130 Å². The van der Waals surface area contributed by atoms with Crippen LogP contribution in [-0.4, -0.2) is 68.9 Å². The van der Waals surface area contributed by atoms with Gasteiger partial charge in [0, 0.05) is 45.2 Å². The van der Waals surface area contributed by atoms with Crippen LogP contribution in [-0.2, 0) is 21.3 Å². The van der Waals surface area contributed by atoms with E-state index in [-0.39, 0.29) is 35.1 Å². The van der Waals surface area contributed by atoms with Crippen LogP contribution in [0, 0.1) is 30.6 Å². The summed E-state index contributed by atoms with van der Waals surface area (Å²) in [6.07, 6.45) is 4.01. The predicted octanol–water partition coefficient (Wildman–Crippen LogP) is 6.23. The standard InChI is InChI=1S/C38H62N6O3S/c1-26-13-10-14-27(2)35(26)32-20-34-41-36(40-32)42-48(45,46)31-17-11-15-28(19-31)22-44(30(24-47-34)21-37(3,4)5)23-29-16-12-18-33(39-29)43(9)25-38(6,7)8/h10,12-14,16,18,28,30-32,34,36,40-42H,11,15,17,19-25H2,1-9H3/t28?,30-,31?,32?,34?,36?/m1/s1. The molecule has 6 atom stereocenters. The Bertz CT molecular complexity index is 1470. The first-order valence-electron chi connectivity index (χ1n) is 18.1. The SMILES string of the molecule is Cc1cccc(C)c1C1CC2NC(N1)NS(=O)(=O)C1CCCC(C1)CN(Cc1cccc(N(C)CC(C)(C)C)n1)[C@H](CC(C)(C)C)CO2. The maximum atomic E-state index is 14.0. The summed E-state index contributed by atoms with van der Waals surface area (Å²) in [6.45, 7) is 20.9. The van der Waals surface area contributed by atoms with E-state index in [9.17, 15) is 8.42 Å². The second-order valence-electron chi connectivity index (χ2n) is 17.3. The number of rotatable bonds is 6. The van der Waals surface area contributed by atoms with Crippen LogP contribution in [0.4, 0.5) is 5.82 Å². The maximum absolute atomic E-state index is 14.0. The molecular weight excluding hydrogens is 621 g/mol. The highest BCUT2D eigenvalue weighted by Crippen LogP contribution is 2.34. The lowest BCUT2D eigenvalue weighted by Gasteiger charge is -2.41. The van der Waals surface area contributed by atoms with Gasteiger partial charge < -0.3 is 9.64 Å². The van der Waals surface area contributed by atoms with Crippen LogP contribution in [0.2, 0.25) is 0 Å². The van der Waals surface area contributed by atoms with Crippen molar-refractivity contribution in [3.05, 3.63) is 58.8 Å². The first kappa shape index (κ1) is 37.2. The molecule has 5 rings (SSSR count). The molecule has 3 heterocycles. The molecule has 0 amide bonds. The highest BCUT2D eigenvalue weighted by Gasteiger charge is 2.39. The number of benzene rings is 1. The summed E-state index contributed by atoms with van der Waals surface area (Å²) in [7, 11) is -1.47. The Balaban J connectivity index is 1.48. The zero-order chi connectivity index (χ0) is 34.9. The zero-order valence-electron chi connectivity index (χ0n) is 31.0. The van der Waals surface area contributed by atoms with Crippen LogP contribution in [0.5, 0.6) is 0 Å². The molecule has 1 aromatic heterocycles. The second kappa shape index (κ2) is 15.0. The van der Waals surface area contributed by atoms with Gasteiger partial charge in [-0.3, -0.25) is 15.5 Å². The minimum Gasteiger partial charge on any atom is -0.362 e. The third-order valence-corrected chi connectivity index (χ3v) is 12.0. The first-order valence-corrected chi connectivity index (χ1v) is 19.6. The topological polar surface area (TPSA) is 98.8 Å². The molecule has 1 aromatic carbocycles. The molecule has 3 aliphatic rings. The number of fused-ring (bicyclic) bond motifs is 4. The van der Waals surface area contributed by atoms with Crippen molar-refractivity contribution in [2.24, 2.45) is 16.7 Å². The molecule has 1 aliphatic carbocycles. The highest BCUT2D eigenvalue weighted by atomic mass is 32.2. The summed E-state index contributed by atoms with van der Waals surface area (Å²) >= 11 is 0. The molecule has 9 nitrogen and oxygen atoms in total. The third-order valence-electron chi connectivity index (χ3n) is 10.1. The quantitative estimate of drug-likeness (QED) is 0.330. The van der Waals surface area contributed by atoms with Gasteiger partial charge in [0.05, 0.1) is 17.6 Å². The Hall–Kier alpha value is -2.08. The van der Waals surface area contributed by atoms with Crippen LogP contribution >= 0.6 is 0 Å². The first-order chi connectivity index (χ1) is 22.5. The zero-order valence-corrected chi connectivity index (χ0v) is 31.8. The molecule has 2 aliphatic heterocycles. The van der Waals surface area contributed by atoms with E-state index in [2.05, 4.69) is 124 Å². The molecule has 4 bridgehead atoms. The molecule has 3 N–H and O–H groups in total. The van der Waals surface area contributed by atoms with E-state index in [0.29, 0.717) is 32.4 Å². The Morgan fingerprint density at radius 1 is 0.958 bits per heavy atom. The van der Waals surface area contributed by atoms with Gasteiger partial charge in [-0.1, -0.05) is 72.2 Å².